The van der Waals surface area contributed by atoms with Crippen molar-refractivity contribution in [1.29, 1.82) is 0 Å². The van der Waals surface area contributed by atoms with E-state index in [4.69, 9.17) is 4.74 Å². The Bertz CT molecular complexity index is 642. The molecular weight excluding hydrogens is 361 g/mol. The lowest BCUT2D eigenvalue weighted by Gasteiger charge is -2.46. The molecule has 1 aliphatic rings. The molecule has 0 radical (unpaired) electrons. The van der Waals surface area contributed by atoms with Crippen LogP contribution in [0.3, 0.4) is 0 Å². The fraction of sp³-hybridized carbons (Fsp3) is 0.571. The number of benzene rings is 1. The fourth-order valence-electron chi connectivity index (χ4n) is 2.71. The molecule has 4 nitrogen and oxygen atoms in total. The number of hydrogen-bond acceptors (Lipinski definition) is 3. The first-order valence-electron chi connectivity index (χ1n) is 6.58. The van der Waals surface area contributed by atoms with Crippen molar-refractivity contribution in [2.24, 2.45) is 0 Å². The van der Waals surface area contributed by atoms with Gasteiger partial charge in [-0.3, -0.25) is 0 Å². The van der Waals surface area contributed by atoms with Crippen LogP contribution >= 0.6 is 15.9 Å². The lowest BCUT2D eigenvalue weighted by molar-refractivity contribution is -0.163. The van der Waals surface area contributed by atoms with Crippen molar-refractivity contribution in [2.75, 3.05) is 13.1 Å². The molecule has 1 saturated heterocycles. The molecule has 1 aromatic carbocycles. The first-order chi connectivity index (χ1) is 9.43. The molecule has 21 heavy (non-hydrogen) atoms. The van der Waals surface area contributed by atoms with Gasteiger partial charge in [0.05, 0.1) is 11.2 Å². The van der Waals surface area contributed by atoms with Crippen molar-refractivity contribution < 1.29 is 17.5 Å². The van der Waals surface area contributed by atoms with Crippen LogP contribution in [-0.2, 0) is 14.8 Å². The van der Waals surface area contributed by atoms with Gasteiger partial charge in [-0.1, -0.05) is 15.9 Å². The Morgan fingerprint density at radius 3 is 2.19 bits per heavy atom. The minimum absolute atomic E-state index is 0.189. The van der Waals surface area contributed by atoms with E-state index in [1.54, 1.807) is 0 Å². The Balaban J connectivity index is 2.43. The second kappa shape index (κ2) is 5.30. The van der Waals surface area contributed by atoms with Crippen LogP contribution in [0, 0.1) is 5.82 Å². The predicted octanol–water partition coefficient (Wildman–Crippen LogP) is 3.17. The van der Waals surface area contributed by atoms with E-state index >= 15 is 0 Å². The summed E-state index contributed by atoms with van der Waals surface area (Å²) < 4.78 is 47.1. The third-order valence-electron chi connectivity index (χ3n) is 3.18. The van der Waals surface area contributed by atoms with Gasteiger partial charge < -0.3 is 4.74 Å². The number of rotatable bonds is 2. The number of sulfonamides is 1. The van der Waals surface area contributed by atoms with Crippen molar-refractivity contribution in [3.8, 4) is 0 Å². The van der Waals surface area contributed by atoms with Crippen LogP contribution in [-0.4, -0.2) is 37.0 Å². The summed E-state index contributed by atoms with van der Waals surface area (Å²) in [7, 11) is -3.89. The molecule has 1 aromatic rings. The molecule has 7 heteroatoms. The van der Waals surface area contributed by atoms with Crippen molar-refractivity contribution in [1.82, 2.24) is 4.31 Å². The second-order valence-electron chi connectivity index (χ2n) is 6.47. The molecule has 0 bridgehead atoms. The molecule has 1 fully saturated rings. The van der Waals surface area contributed by atoms with Crippen LogP contribution in [0.5, 0.6) is 0 Å². The minimum Gasteiger partial charge on any atom is -0.367 e. The van der Waals surface area contributed by atoms with Gasteiger partial charge in [-0.05, 0) is 45.9 Å². The highest BCUT2D eigenvalue weighted by Crippen LogP contribution is 2.32. The largest absolute Gasteiger partial charge is 0.367 e. The van der Waals surface area contributed by atoms with Crippen LogP contribution in [0.25, 0.3) is 0 Å². The number of ether oxygens (including phenoxy) is 1. The lowest BCUT2D eigenvalue weighted by atomic mass is 10.0. The van der Waals surface area contributed by atoms with E-state index in [2.05, 4.69) is 15.9 Å². The maximum atomic E-state index is 14.0. The quantitative estimate of drug-likeness (QED) is 0.792. The molecule has 118 valence electrons. The van der Waals surface area contributed by atoms with Crippen LogP contribution in [0.4, 0.5) is 4.39 Å². The first kappa shape index (κ1) is 16.9. The fourth-order valence-corrected chi connectivity index (χ4v) is 4.83. The summed E-state index contributed by atoms with van der Waals surface area (Å²) in [5.41, 5.74) is -1.25. The third kappa shape index (κ3) is 3.64. The zero-order valence-corrected chi connectivity index (χ0v) is 14.9. The van der Waals surface area contributed by atoms with E-state index in [1.807, 2.05) is 27.7 Å². The van der Waals surface area contributed by atoms with Gasteiger partial charge in [0, 0.05) is 17.6 Å². The standard InChI is InChI=1S/C14H19BrFNO3S/c1-13(2)8-17(9-14(3,4)20-13)21(18,19)12-6-5-10(15)7-11(12)16/h5-7H,8-9H2,1-4H3. The van der Waals surface area contributed by atoms with Crippen molar-refractivity contribution >= 4 is 26.0 Å². The topological polar surface area (TPSA) is 46.6 Å². The number of morpholine rings is 1. The normalized spacial score (nSPS) is 22.2. The Kier molecular flexibility index (Phi) is 4.25. The van der Waals surface area contributed by atoms with Gasteiger partial charge in [-0.25, -0.2) is 12.8 Å². The van der Waals surface area contributed by atoms with E-state index < -0.39 is 27.0 Å². The molecule has 0 saturated carbocycles. The van der Waals surface area contributed by atoms with Gasteiger partial charge >= 0.3 is 0 Å². The van der Waals surface area contributed by atoms with E-state index in [9.17, 15) is 12.8 Å². The smallest absolute Gasteiger partial charge is 0.246 e. The number of halogens is 2. The SMILES string of the molecule is CC1(C)CN(S(=O)(=O)c2ccc(Br)cc2F)CC(C)(C)O1. The Hall–Kier alpha value is -0.500. The summed E-state index contributed by atoms with van der Waals surface area (Å²) in [5.74, 6) is -0.758. The predicted molar refractivity (Wildman–Crippen MR) is 82.1 cm³/mol. The van der Waals surface area contributed by atoms with Crippen molar-refractivity contribution in [2.45, 2.75) is 43.8 Å². The molecule has 0 N–H and O–H groups in total. The van der Waals surface area contributed by atoms with E-state index in [0.29, 0.717) is 4.47 Å². The van der Waals surface area contributed by atoms with Gasteiger partial charge in [0.2, 0.25) is 10.0 Å². The molecule has 0 spiro atoms. The zero-order chi connectivity index (χ0) is 16.1. The Morgan fingerprint density at radius 1 is 1.19 bits per heavy atom. The van der Waals surface area contributed by atoms with E-state index in [0.717, 1.165) is 6.07 Å². The molecule has 1 aliphatic heterocycles. The molecule has 1 heterocycles. The van der Waals surface area contributed by atoms with Crippen LogP contribution in [0.2, 0.25) is 0 Å². The van der Waals surface area contributed by atoms with Crippen LogP contribution in [0.15, 0.2) is 27.6 Å². The molecule has 0 amide bonds. The highest BCUT2D eigenvalue weighted by molar-refractivity contribution is 9.10. The van der Waals surface area contributed by atoms with Gasteiger partial charge in [-0.2, -0.15) is 4.31 Å². The highest BCUT2D eigenvalue weighted by atomic mass is 79.9. The molecular formula is C14H19BrFNO3S. The van der Waals surface area contributed by atoms with Gasteiger partial charge in [-0.15, -0.1) is 0 Å². The monoisotopic (exact) mass is 379 g/mol. The average Bonchev–Trinajstić information content (AvgIpc) is 2.23. The van der Waals surface area contributed by atoms with Gasteiger partial charge in [0.1, 0.15) is 10.7 Å². The Labute approximate surface area is 133 Å². The summed E-state index contributed by atoms with van der Waals surface area (Å²) in [6, 6.07) is 3.96. The summed E-state index contributed by atoms with van der Waals surface area (Å²) in [5, 5.41) is 0. The first-order valence-corrected chi connectivity index (χ1v) is 8.82. The molecule has 0 unspecified atom stereocenters. The van der Waals surface area contributed by atoms with Gasteiger partial charge in [0.15, 0.2) is 0 Å². The zero-order valence-electron chi connectivity index (χ0n) is 12.5. The van der Waals surface area contributed by atoms with Crippen molar-refractivity contribution in [3.63, 3.8) is 0 Å². The number of hydrogen-bond donors (Lipinski definition) is 0. The summed E-state index contributed by atoms with van der Waals surface area (Å²) in [4.78, 5) is -0.306. The van der Waals surface area contributed by atoms with Crippen molar-refractivity contribution in [3.05, 3.63) is 28.5 Å². The highest BCUT2D eigenvalue weighted by Gasteiger charge is 2.43. The molecule has 0 aromatic heterocycles. The Morgan fingerprint density at radius 2 is 1.71 bits per heavy atom. The summed E-state index contributed by atoms with van der Waals surface area (Å²) >= 11 is 3.13. The summed E-state index contributed by atoms with van der Waals surface area (Å²) in [6.45, 7) is 7.69. The van der Waals surface area contributed by atoms with E-state index in [1.165, 1.54) is 16.4 Å². The maximum absolute atomic E-state index is 14.0. The summed E-state index contributed by atoms with van der Waals surface area (Å²) in [6.07, 6.45) is 0. The average molecular weight is 380 g/mol. The lowest BCUT2D eigenvalue weighted by Crippen LogP contribution is -2.58. The van der Waals surface area contributed by atoms with Crippen LogP contribution in [0.1, 0.15) is 27.7 Å². The minimum atomic E-state index is -3.89. The molecule has 0 atom stereocenters. The molecule has 2 rings (SSSR count). The van der Waals surface area contributed by atoms with Crippen LogP contribution < -0.4 is 0 Å². The molecule has 0 aliphatic carbocycles. The maximum Gasteiger partial charge on any atom is 0.246 e. The van der Waals surface area contributed by atoms with E-state index in [-0.39, 0.29) is 18.0 Å². The second-order valence-corrected chi connectivity index (χ2v) is 9.29. The number of nitrogens with zero attached hydrogens (tertiary/aromatic N) is 1. The van der Waals surface area contributed by atoms with Gasteiger partial charge in [0.25, 0.3) is 0 Å². The third-order valence-corrected chi connectivity index (χ3v) is 5.50.